The van der Waals surface area contributed by atoms with E-state index in [9.17, 15) is 0 Å². The number of methoxy groups -OCH3 is 1. The van der Waals surface area contributed by atoms with Gasteiger partial charge in [-0.2, -0.15) is 0 Å². The van der Waals surface area contributed by atoms with Crippen LogP contribution in [-0.4, -0.2) is 62.1 Å². The van der Waals surface area contributed by atoms with Crippen LogP contribution in [0.2, 0.25) is 0 Å². The van der Waals surface area contributed by atoms with Gasteiger partial charge in [-0.1, -0.05) is 49.4 Å². The standard InChI is InChI=1S/C25H37N5O/c1-4-26-25(28-19-22-11-8-9-13-24(22)31-3)27-18-21-10-6-7-12-23(21)20-30-16-14-29(5-2)15-17-30/h6-13H,4-5,14-20H2,1-3H3,(H2,26,27,28). The average Bonchev–Trinajstić information content (AvgIpc) is 2.82. The van der Waals surface area contributed by atoms with Gasteiger partial charge in [0.15, 0.2) is 5.96 Å². The van der Waals surface area contributed by atoms with Crippen LogP contribution < -0.4 is 15.4 Å². The minimum absolute atomic E-state index is 0.572. The van der Waals surface area contributed by atoms with Gasteiger partial charge in [-0.15, -0.1) is 0 Å². The molecule has 6 nitrogen and oxygen atoms in total. The monoisotopic (exact) mass is 423 g/mol. The van der Waals surface area contributed by atoms with Crippen molar-refractivity contribution in [1.29, 1.82) is 0 Å². The van der Waals surface area contributed by atoms with Crippen LogP contribution >= 0.6 is 0 Å². The highest BCUT2D eigenvalue weighted by Crippen LogP contribution is 2.18. The Bertz CT molecular complexity index is 830. The van der Waals surface area contributed by atoms with E-state index in [1.165, 1.54) is 11.1 Å². The van der Waals surface area contributed by atoms with Crippen molar-refractivity contribution in [2.45, 2.75) is 33.5 Å². The maximum Gasteiger partial charge on any atom is 0.191 e. The molecule has 0 aromatic heterocycles. The van der Waals surface area contributed by atoms with E-state index in [2.05, 4.69) is 64.6 Å². The number of rotatable bonds is 9. The first-order valence-electron chi connectivity index (χ1n) is 11.4. The van der Waals surface area contributed by atoms with E-state index in [0.717, 1.165) is 69.6 Å². The zero-order chi connectivity index (χ0) is 21.9. The minimum Gasteiger partial charge on any atom is -0.496 e. The molecule has 0 spiro atoms. The fourth-order valence-electron chi connectivity index (χ4n) is 3.91. The zero-order valence-electron chi connectivity index (χ0n) is 19.2. The summed E-state index contributed by atoms with van der Waals surface area (Å²) in [7, 11) is 1.70. The SMILES string of the molecule is CCNC(=NCc1ccccc1OC)NCc1ccccc1CN1CCN(CC)CC1. The minimum atomic E-state index is 0.572. The summed E-state index contributed by atoms with van der Waals surface area (Å²) in [5.74, 6) is 1.69. The topological polar surface area (TPSA) is 52.1 Å². The van der Waals surface area contributed by atoms with Crippen molar-refractivity contribution < 1.29 is 4.74 Å². The predicted octanol–water partition coefficient (Wildman–Crippen LogP) is 3.09. The van der Waals surface area contributed by atoms with E-state index in [-0.39, 0.29) is 0 Å². The third-order valence-electron chi connectivity index (χ3n) is 5.82. The van der Waals surface area contributed by atoms with Gasteiger partial charge >= 0.3 is 0 Å². The van der Waals surface area contributed by atoms with E-state index in [0.29, 0.717) is 6.54 Å². The summed E-state index contributed by atoms with van der Waals surface area (Å²) in [5.41, 5.74) is 3.79. The first-order valence-corrected chi connectivity index (χ1v) is 11.4. The fourth-order valence-corrected chi connectivity index (χ4v) is 3.91. The van der Waals surface area contributed by atoms with Crippen LogP contribution in [-0.2, 0) is 19.6 Å². The predicted molar refractivity (Wildman–Crippen MR) is 128 cm³/mol. The number of guanidine groups is 1. The zero-order valence-corrected chi connectivity index (χ0v) is 19.2. The lowest BCUT2D eigenvalue weighted by atomic mass is 10.1. The molecule has 0 atom stereocenters. The van der Waals surface area contributed by atoms with Crippen LogP contribution in [0.4, 0.5) is 0 Å². The Morgan fingerprint density at radius 1 is 0.871 bits per heavy atom. The number of nitrogens with zero attached hydrogens (tertiary/aromatic N) is 3. The Balaban J connectivity index is 1.61. The quantitative estimate of drug-likeness (QED) is 0.480. The Morgan fingerprint density at radius 3 is 2.19 bits per heavy atom. The number of ether oxygens (including phenoxy) is 1. The summed E-state index contributed by atoms with van der Waals surface area (Å²) < 4.78 is 5.45. The number of hydrogen-bond acceptors (Lipinski definition) is 4. The summed E-state index contributed by atoms with van der Waals surface area (Å²) in [6.45, 7) is 13.2. The number of likely N-dealkylation sites (N-methyl/N-ethyl adjacent to an activating group) is 1. The van der Waals surface area contributed by atoms with Crippen LogP contribution in [0.1, 0.15) is 30.5 Å². The van der Waals surface area contributed by atoms with E-state index in [1.54, 1.807) is 7.11 Å². The lowest BCUT2D eigenvalue weighted by molar-refractivity contribution is 0.131. The Morgan fingerprint density at radius 2 is 1.52 bits per heavy atom. The third kappa shape index (κ3) is 6.97. The van der Waals surface area contributed by atoms with Crippen molar-refractivity contribution >= 4 is 5.96 Å². The molecule has 0 radical (unpaired) electrons. The molecular weight excluding hydrogens is 386 g/mol. The summed E-state index contributed by atoms with van der Waals surface area (Å²) in [5, 5.41) is 6.86. The molecule has 2 aromatic rings. The van der Waals surface area contributed by atoms with Crippen molar-refractivity contribution in [2.75, 3.05) is 46.4 Å². The van der Waals surface area contributed by atoms with E-state index in [4.69, 9.17) is 9.73 Å². The van der Waals surface area contributed by atoms with Crippen LogP contribution in [0, 0.1) is 0 Å². The molecule has 1 saturated heterocycles. The first-order chi connectivity index (χ1) is 15.2. The number of aliphatic imine (C=N–C) groups is 1. The molecule has 168 valence electrons. The van der Waals surface area contributed by atoms with E-state index >= 15 is 0 Å². The molecule has 1 aliphatic rings. The van der Waals surface area contributed by atoms with Gasteiger partial charge in [0.05, 0.1) is 13.7 Å². The van der Waals surface area contributed by atoms with Crippen molar-refractivity contribution in [3.8, 4) is 5.75 Å². The largest absolute Gasteiger partial charge is 0.496 e. The summed E-state index contributed by atoms with van der Waals surface area (Å²) >= 11 is 0. The second kappa shape index (κ2) is 12.3. The van der Waals surface area contributed by atoms with E-state index < -0.39 is 0 Å². The molecule has 3 rings (SSSR count). The number of hydrogen-bond donors (Lipinski definition) is 2. The molecule has 1 heterocycles. The third-order valence-corrected chi connectivity index (χ3v) is 5.82. The second-order valence-corrected chi connectivity index (χ2v) is 7.84. The molecule has 1 aliphatic heterocycles. The van der Waals surface area contributed by atoms with Gasteiger partial charge in [0, 0.05) is 51.4 Å². The van der Waals surface area contributed by atoms with Crippen LogP contribution in [0.5, 0.6) is 5.75 Å². The first kappa shape index (κ1) is 23.1. The summed E-state index contributed by atoms with van der Waals surface area (Å²) in [6, 6.07) is 16.8. The van der Waals surface area contributed by atoms with Crippen molar-refractivity contribution in [3.63, 3.8) is 0 Å². The fraction of sp³-hybridized carbons (Fsp3) is 0.480. The molecule has 1 fully saturated rings. The molecular formula is C25H37N5O. The van der Waals surface area contributed by atoms with Gasteiger partial charge in [0.2, 0.25) is 0 Å². The lowest BCUT2D eigenvalue weighted by Crippen LogP contribution is -2.45. The van der Waals surface area contributed by atoms with Crippen LogP contribution in [0.25, 0.3) is 0 Å². The van der Waals surface area contributed by atoms with Crippen LogP contribution in [0.15, 0.2) is 53.5 Å². The Hall–Kier alpha value is -2.57. The van der Waals surface area contributed by atoms with Gasteiger partial charge in [-0.3, -0.25) is 4.90 Å². The van der Waals surface area contributed by atoms with E-state index in [1.807, 2.05) is 18.2 Å². The highest BCUT2D eigenvalue weighted by atomic mass is 16.5. The molecule has 31 heavy (non-hydrogen) atoms. The van der Waals surface area contributed by atoms with Crippen LogP contribution in [0.3, 0.4) is 0 Å². The molecule has 6 heteroatoms. The molecule has 0 bridgehead atoms. The second-order valence-electron chi connectivity index (χ2n) is 7.84. The molecule has 2 aromatic carbocycles. The molecule has 0 amide bonds. The van der Waals surface area contributed by atoms with Crippen molar-refractivity contribution in [2.24, 2.45) is 4.99 Å². The summed E-state index contributed by atoms with van der Waals surface area (Å²) in [6.07, 6.45) is 0. The van der Waals surface area contributed by atoms with Gasteiger partial charge in [-0.25, -0.2) is 4.99 Å². The maximum atomic E-state index is 5.45. The van der Waals surface area contributed by atoms with Crippen molar-refractivity contribution in [3.05, 3.63) is 65.2 Å². The number of para-hydroxylation sites is 1. The summed E-state index contributed by atoms with van der Waals surface area (Å²) in [4.78, 5) is 9.85. The van der Waals surface area contributed by atoms with Gasteiger partial charge in [-0.05, 0) is 30.7 Å². The van der Waals surface area contributed by atoms with Gasteiger partial charge < -0.3 is 20.3 Å². The number of nitrogens with one attached hydrogen (secondary N) is 2. The normalized spacial score (nSPS) is 15.6. The molecule has 0 saturated carbocycles. The highest BCUT2D eigenvalue weighted by Gasteiger charge is 2.16. The maximum absolute atomic E-state index is 5.45. The highest BCUT2D eigenvalue weighted by molar-refractivity contribution is 5.79. The Labute approximate surface area is 187 Å². The van der Waals surface area contributed by atoms with Gasteiger partial charge in [0.1, 0.15) is 5.75 Å². The van der Waals surface area contributed by atoms with Gasteiger partial charge in [0.25, 0.3) is 0 Å². The number of piperazine rings is 1. The molecule has 2 N–H and O–H groups in total. The lowest BCUT2D eigenvalue weighted by Gasteiger charge is -2.34. The molecule has 0 aliphatic carbocycles. The molecule has 0 unspecified atom stereocenters. The number of benzene rings is 2. The average molecular weight is 424 g/mol. The smallest absolute Gasteiger partial charge is 0.191 e. The Kier molecular flexibility index (Phi) is 9.18. The van der Waals surface area contributed by atoms with Crippen molar-refractivity contribution in [1.82, 2.24) is 20.4 Å².